The van der Waals surface area contributed by atoms with Crippen LogP contribution >= 0.6 is 35.0 Å². The second kappa shape index (κ2) is 4.31. The standard InChI is InChI=1S/C10H6Cl2F3S/c11-7-4-5(8-1-2-16-8)3-6(9(7)12)10(13,14)15/h1,3-4,8H,2H2. The van der Waals surface area contributed by atoms with Crippen LogP contribution in [0.2, 0.25) is 10.0 Å². The van der Waals surface area contributed by atoms with E-state index in [1.165, 1.54) is 6.07 Å². The first-order valence-corrected chi connectivity index (χ1v) is 6.21. The number of rotatable bonds is 1. The second-order valence-electron chi connectivity index (χ2n) is 3.35. The highest BCUT2D eigenvalue weighted by Crippen LogP contribution is 2.46. The van der Waals surface area contributed by atoms with Crippen molar-refractivity contribution in [2.45, 2.75) is 11.4 Å². The zero-order valence-corrected chi connectivity index (χ0v) is 10.1. The van der Waals surface area contributed by atoms with E-state index in [0.29, 0.717) is 5.56 Å². The van der Waals surface area contributed by atoms with Gasteiger partial charge in [0.1, 0.15) is 0 Å². The van der Waals surface area contributed by atoms with Gasteiger partial charge >= 0.3 is 6.18 Å². The molecule has 1 aromatic rings. The Morgan fingerprint density at radius 3 is 2.31 bits per heavy atom. The Kier molecular flexibility index (Phi) is 3.34. The summed E-state index contributed by atoms with van der Waals surface area (Å²) >= 11 is 12.8. The molecule has 1 radical (unpaired) electrons. The van der Waals surface area contributed by atoms with Gasteiger partial charge < -0.3 is 0 Å². The van der Waals surface area contributed by atoms with E-state index >= 15 is 0 Å². The van der Waals surface area contributed by atoms with E-state index < -0.39 is 16.8 Å². The first kappa shape index (κ1) is 12.4. The summed E-state index contributed by atoms with van der Waals surface area (Å²) in [5.74, 6) is 0.853. The van der Waals surface area contributed by atoms with Gasteiger partial charge in [0, 0.05) is 5.25 Å². The van der Waals surface area contributed by atoms with Crippen molar-refractivity contribution < 1.29 is 13.2 Å². The van der Waals surface area contributed by atoms with Gasteiger partial charge in [-0.05, 0) is 29.9 Å². The molecule has 1 atom stereocenters. The van der Waals surface area contributed by atoms with Gasteiger partial charge in [0.25, 0.3) is 0 Å². The molecule has 0 bridgehead atoms. The minimum Gasteiger partial charge on any atom is -0.166 e. The summed E-state index contributed by atoms with van der Waals surface area (Å²) in [6, 6.07) is 2.56. The lowest BCUT2D eigenvalue weighted by Crippen LogP contribution is -2.12. The number of hydrogen-bond acceptors (Lipinski definition) is 1. The average molecular weight is 286 g/mol. The van der Waals surface area contributed by atoms with Crippen molar-refractivity contribution in [3.63, 3.8) is 0 Å². The van der Waals surface area contributed by atoms with Gasteiger partial charge in [-0.3, -0.25) is 0 Å². The monoisotopic (exact) mass is 285 g/mol. The first-order valence-electron chi connectivity index (χ1n) is 4.40. The van der Waals surface area contributed by atoms with Gasteiger partial charge in [-0.2, -0.15) is 24.9 Å². The summed E-state index contributed by atoms with van der Waals surface area (Å²) in [5.41, 5.74) is -0.310. The first-order chi connectivity index (χ1) is 7.39. The van der Waals surface area contributed by atoms with Crippen LogP contribution in [0.4, 0.5) is 13.2 Å². The molecule has 0 aromatic heterocycles. The highest BCUT2D eigenvalue weighted by molar-refractivity contribution is 8.01. The molecular formula is C10H6Cl2F3S. The third-order valence-corrected chi connectivity index (χ3v) is 4.28. The zero-order valence-electron chi connectivity index (χ0n) is 7.81. The summed E-state index contributed by atoms with van der Waals surface area (Å²) in [7, 11) is 0. The maximum atomic E-state index is 12.6. The molecule has 0 nitrogen and oxygen atoms in total. The van der Waals surface area contributed by atoms with Gasteiger partial charge in [-0.1, -0.05) is 23.2 Å². The Morgan fingerprint density at radius 2 is 1.88 bits per heavy atom. The molecule has 1 fully saturated rings. The predicted octanol–water partition coefficient (Wildman–Crippen LogP) is 5.00. The SMILES string of the molecule is FC(F)(F)c1cc(C2[CH]CS2)cc(Cl)c1Cl. The molecule has 1 saturated heterocycles. The van der Waals surface area contributed by atoms with E-state index in [1.807, 2.05) is 6.42 Å². The minimum absolute atomic E-state index is 0.00383. The maximum absolute atomic E-state index is 12.6. The smallest absolute Gasteiger partial charge is 0.166 e. The van der Waals surface area contributed by atoms with Crippen LogP contribution < -0.4 is 0 Å². The fraction of sp³-hybridized carbons (Fsp3) is 0.300. The molecule has 1 unspecified atom stereocenters. The van der Waals surface area contributed by atoms with Crippen LogP contribution in [0, 0.1) is 6.42 Å². The van der Waals surface area contributed by atoms with Crippen LogP contribution in [0.5, 0.6) is 0 Å². The van der Waals surface area contributed by atoms with E-state index in [-0.39, 0.29) is 10.3 Å². The molecule has 1 aromatic carbocycles. The number of benzene rings is 1. The summed E-state index contributed by atoms with van der Waals surface area (Å²) in [6.07, 6.45) is -2.53. The highest BCUT2D eigenvalue weighted by atomic mass is 35.5. The second-order valence-corrected chi connectivity index (χ2v) is 5.31. The Bertz CT molecular complexity index is 413. The van der Waals surface area contributed by atoms with E-state index in [4.69, 9.17) is 23.2 Å². The van der Waals surface area contributed by atoms with Gasteiger partial charge in [0.2, 0.25) is 0 Å². The van der Waals surface area contributed by atoms with E-state index in [0.717, 1.165) is 11.8 Å². The summed E-state index contributed by atoms with van der Waals surface area (Å²) < 4.78 is 37.9. The topological polar surface area (TPSA) is 0 Å². The van der Waals surface area contributed by atoms with Crippen LogP contribution in [-0.4, -0.2) is 5.75 Å². The summed E-state index contributed by atoms with van der Waals surface area (Å²) in [5, 5.41) is -0.481. The maximum Gasteiger partial charge on any atom is 0.417 e. The van der Waals surface area contributed by atoms with Crippen LogP contribution in [0.1, 0.15) is 16.4 Å². The van der Waals surface area contributed by atoms with Gasteiger partial charge in [0.15, 0.2) is 0 Å². The Morgan fingerprint density at radius 1 is 1.25 bits per heavy atom. The molecule has 6 heteroatoms. The largest absolute Gasteiger partial charge is 0.417 e. The van der Waals surface area contributed by atoms with Crippen LogP contribution in [0.15, 0.2) is 12.1 Å². The highest BCUT2D eigenvalue weighted by Gasteiger charge is 2.35. The van der Waals surface area contributed by atoms with Gasteiger partial charge in [-0.15, -0.1) is 0 Å². The Balaban J connectivity index is 2.46. The summed E-state index contributed by atoms with van der Waals surface area (Å²) in [4.78, 5) is 0. The Labute approximate surface area is 105 Å². The molecule has 1 heterocycles. The predicted molar refractivity (Wildman–Crippen MR) is 61.0 cm³/mol. The zero-order chi connectivity index (χ0) is 11.9. The lowest BCUT2D eigenvalue weighted by molar-refractivity contribution is -0.137. The molecule has 87 valence electrons. The molecule has 1 aliphatic heterocycles. The van der Waals surface area contributed by atoms with Gasteiger partial charge in [0.05, 0.1) is 15.6 Å². The van der Waals surface area contributed by atoms with Crippen molar-refractivity contribution in [2.24, 2.45) is 0 Å². The molecule has 0 amide bonds. The lowest BCUT2D eigenvalue weighted by atomic mass is 10.1. The quantitative estimate of drug-likeness (QED) is 0.699. The third-order valence-electron chi connectivity index (χ3n) is 2.27. The fourth-order valence-electron chi connectivity index (χ4n) is 1.41. The van der Waals surface area contributed by atoms with Crippen molar-refractivity contribution in [2.75, 3.05) is 5.75 Å². The molecule has 0 aliphatic carbocycles. The van der Waals surface area contributed by atoms with Crippen molar-refractivity contribution in [1.82, 2.24) is 0 Å². The van der Waals surface area contributed by atoms with Crippen LogP contribution in [0.25, 0.3) is 0 Å². The van der Waals surface area contributed by atoms with Gasteiger partial charge in [-0.25, -0.2) is 0 Å². The van der Waals surface area contributed by atoms with E-state index in [2.05, 4.69) is 0 Å². The third kappa shape index (κ3) is 2.29. The number of hydrogen-bond donors (Lipinski definition) is 0. The summed E-state index contributed by atoms with van der Waals surface area (Å²) in [6.45, 7) is 0. The van der Waals surface area contributed by atoms with E-state index in [1.54, 1.807) is 11.8 Å². The number of alkyl halides is 3. The molecule has 2 rings (SSSR count). The van der Waals surface area contributed by atoms with Crippen molar-refractivity contribution in [1.29, 1.82) is 0 Å². The normalized spacial score (nSPS) is 20.7. The van der Waals surface area contributed by atoms with Crippen molar-refractivity contribution >= 4 is 35.0 Å². The fourth-order valence-corrected chi connectivity index (χ4v) is 2.56. The molecule has 0 N–H and O–H groups in total. The number of thioether (sulfide) groups is 1. The molecule has 16 heavy (non-hydrogen) atoms. The van der Waals surface area contributed by atoms with E-state index in [9.17, 15) is 13.2 Å². The molecule has 1 aliphatic rings. The molecular weight excluding hydrogens is 280 g/mol. The molecule has 0 spiro atoms. The molecule has 0 saturated carbocycles. The number of halogens is 5. The van der Waals surface area contributed by atoms with Crippen molar-refractivity contribution in [3.05, 3.63) is 39.7 Å². The van der Waals surface area contributed by atoms with Crippen LogP contribution in [0.3, 0.4) is 0 Å². The van der Waals surface area contributed by atoms with Crippen molar-refractivity contribution in [3.8, 4) is 0 Å². The minimum atomic E-state index is -4.47. The van der Waals surface area contributed by atoms with Crippen LogP contribution in [-0.2, 0) is 6.18 Å². The lowest BCUT2D eigenvalue weighted by Gasteiger charge is -2.26. The Hall–Kier alpha value is -0.0600. The average Bonchev–Trinajstić information content (AvgIpc) is 2.05.